The molecule has 7 heteroatoms. The number of rotatable bonds is 8. The Balaban J connectivity index is 1.52. The third kappa shape index (κ3) is 4.84. The van der Waals surface area contributed by atoms with Crippen molar-refractivity contribution in [3.8, 4) is 11.5 Å². The van der Waals surface area contributed by atoms with Gasteiger partial charge in [-0.25, -0.2) is 0 Å². The molecule has 0 radical (unpaired) electrons. The Morgan fingerprint density at radius 2 is 1.79 bits per heavy atom. The zero-order valence-corrected chi connectivity index (χ0v) is 16.5. The molecule has 3 rings (SSSR count). The fourth-order valence-electron chi connectivity index (χ4n) is 2.83. The summed E-state index contributed by atoms with van der Waals surface area (Å²) < 4.78 is 10.4. The number of ether oxygens (including phenoxy) is 2. The summed E-state index contributed by atoms with van der Waals surface area (Å²) in [7, 11) is 3.11. The molecule has 0 atom stereocenters. The monoisotopic (exact) mass is 399 g/mol. The van der Waals surface area contributed by atoms with E-state index in [1.165, 1.54) is 0 Å². The Morgan fingerprint density at radius 3 is 2.50 bits per heavy atom. The number of nitrogens with one attached hydrogen (secondary N) is 2. The number of anilines is 1. The summed E-state index contributed by atoms with van der Waals surface area (Å²) in [5, 5.41) is 7.97. The van der Waals surface area contributed by atoms with Gasteiger partial charge in [-0.2, -0.15) is 0 Å². The van der Waals surface area contributed by atoms with Crippen molar-refractivity contribution in [1.82, 2.24) is 10.3 Å². The Hall–Kier alpha value is -2.99. The summed E-state index contributed by atoms with van der Waals surface area (Å²) in [6.07, 6.45) is 2.52. The van der Waals surface area contributed by atoms with Crippen molar-refractivity contribution in [3.63, 3.8) is 0 Å². The quantitative estimate of drug-likeness (QED) is 0.557. The van der Waals surface area contributed by atoms with E-state index in [-0.39, 0.29) is 5.91 Å². The average Bonchev–Trinajstić information content (AvgIpc) is 2.72. The van der Waals surface area contributed by atoms with Crippen LogP contribution in [0.3, 0.4) is 0 Å². The van der Waals surface area contributed by atoms with Crippen LogP contribution in [0, 0.1) is 0 Å². The second kappa shape index (κ2) is 9.28. The van der Waals surface area contributed by atoms with E-state index in [2.05, 4.69) is 15.6 Å². The van der Waals surface area contributed by atoms with Crippen molar-refractivity contribution >= 4 is 34.1 Å². The predicted molar refractivity (Wildman–Crippen MR) is 112 cm³/mol. The first kappa shape index (κ1) is 19.8. The lowest BCUT2D eigenvalue weighted by atomic mass is 10.2. The minimum atomic E-state index is -0.166. The van der Waals surface area contributed by atoms with E-state index in [4.69, 9.17) is 21.1 Å². The van der Waals surface area contributed by atoms with Crippen LogP contribution in [-0.4, -0.2) is 38.2 Å². The van der Waals surface area contributed by atoms with Crippen LogP contribution in [-0.2, 0) is 0 Å². The molecule has 0 aliphatic carbocycles. The van der Waals surface area contributed by atoms with Crippen molar-refractivity contribution in [2.75, 3.05) is 32.6 Å². The molecule has 2 aromatic carbocycles. The number of nitrogens with zero attached hydrogens (tertiary/aromatic N) is 1. The fourth-order valence-corrected chi connectivity index (χ4v) is 3.00. The van der Waals surface area contributed by atoms with Crippen molar-refractivity contribution < 1.29 is 14.3 Å². The maximum atomic E-state index is 12.4. The van der Waals surface area contributed by atoms with Gasteiger partial charge >= 0.3 is 0 Å². The smallest absolute Gasteiger partial charge is 0.251 e. The third-order valence-corrected chi connectivity index (χ3v) is 4.51. The molecule has 1 heterocycles. The molecule has 28 heavy (non-hydrogen) atoms. The van der Waals surface area contributed by atoms with E-state index >= 15 is 0 Å². The first-order valence-electron chi connectivity index (χ1n) is 8.90. The summed E-state index contributed by atoms with van der Waals surface area (Å²) in [6.45, 7) is 1.25. The van der Waals surface area contributed by atoms with Crippen LogP contribution in [0.2, 0.25) is 5.02 Å². The van der Waals surface area contributed by atoms with Gasteiger partial charge in [-0.3, -0.25) is 9.78 Å². The summed E-state index contributed by atoms with van der Waals surface area (Å²) in [6, 6.07) is 12.7. The molecule has 3 aromatic rings. The number of pyridine rings is 1. The summed E-state index contributed by atoms with van der Waals surface area (Å²) in [4.78, 5) is 16.7. The molecule has 0 aliphatic heterocycles. The number of methoxy groups -OCH3 is 2. The van der Waals surface area contributed by atoms with Crippen molar-refractivity contribution in [1.29, 1.82) is 0 Å². The first-order chi connectivity index (χ1) is 13.6. The molecule has 0 unspecified atom stereocenters. The van der Waals surface area contributed by atoms with Crippen LogP contribution in [0.25, 0.3) is 10.9 Å². The van der Waals surface area contributed by atoms with Crippen molar-refractivity contribution in [2.45, 2.75) is 6.42 Å². The zero-order valence-electron chi connectivity index (χ0n) is 15.8. The lowest BCUT2D eigenvalue weighted by Gasteiger charge is -2.11. The summed E-state index contributed by atoms with van der Waals surface area (Å²) in [5.74, 6) is 0.993. The number of amides is 1. The molecule has 0 saturated carbocycles. The van der Waals surface area contributed by atoms with Crippen LogP contribution < -0.4 is 20.1 Å². The molecule has 1 aromatic heterocycles. The minimum absolute atomic E-state index is 0.166. The lowest BCUT2D eigenvalue weighted by molar-refractivity contribution is 0.0953. The highest BCUT2D eigenvalue weighted by Gasteiger charge is 2.09. The van der Waals surface area contributed by atoms with E-state index in [1.54, 1.807) is 38.6 Å². The number of aromatic nitrogens is 1. The Morgan fingerprint density at radius 1 is 1.04 bits per heavy atom. The summed E-state index contributed by atoms with van der Waals surface area (Å²) in [5.41, 5.74) is 2.34. The van der Waals surface area contributed by atoms with E-state index in [0.717, 1.165) is 23.0 Å². The van der Waals surface area contributed by atoms with Gasteiger partial charge in [0, 0.05) is 47.0 Å². The molecule has 1 amide bonds. The molecule has 6 nitrogen and oxygen atoms in total. The standard InChI is InChI=1S/C21H22ClN3O3/c1-27-16-10-14(11-17(13-16)28-2)21(26)25-8-3-7-23-19-6-9-24-20-12-15(22)4-5-18(19)20/h4-6,9-13H,3,7-8H2,1-2H3,(H,23,24)(H,25,26). The maximum absolute atomic E-state index is 12.4. The molecule has 2 N–H and O–H groups in total. The molecular formula is C21H22ClN3O3. The molecule has 0 saturated heterocycles. The fraction of sp³-hybridized carbons (Fsp3) is 0.238. The molecule has 0 aliphatic rings. The number of halogens is 1. The van der Waals surface area contributed by atoms with Crippen LogP contribution >= 0.6 is 11.6 Å². The summed E-state index contributed by atoms with van der Waals surface area (Å²) >= 11 is 6.02. The predicted octanol–water partition coefficient (Wildman–Crippen LogP) is 4.14. The van der Waals surface area contributed by atoms with Gasteiger partial charge in [-0.15, -0.1) is 0 Å². The van der Waals surface area contributed by atoms with Gasteiger partial charge in [-0.1, -0.05) is 11.6 Å². The molecule has 0 spiro atoms. The molecule has 0 bridgehead atoms. The Kier molecular flexibility index (Phi) is 6.55. The normalized spacial score (nSPS) is 10.5. The second-order valence-corrected chi connectivity index (χ2v) is 6.59. The molecular weight excluding hydrogens is 378 g/mol. The maximum Gasteiger partial charge on any atom is 0.251 e. The van der Waals surface area contributed by atoms with Gasteiger partial charge in [0.05, 0.1) is 19.7 Å². The van der Waals surface area contributed by atoms with Crippen LogP contribution in [0.5, 0.6) is 11.5 Å². The van der Waals surface area contributed by atoms with Gasteiger partial charge in [-0.05, 0) is 42.8 Å². The SMILES string of the molecule is COc1cc(OC)cc(C(=O)NCCCNc2ccnc3cc(Cl)ccc23)c1. The third-order valence-electron chi connectivity index (χ3n) is 4.27. The largest absolute Gasteiger partial charge is 0.497 e. The topological polar surface area (TPSA) is 72.5 Å². The van der Waals surface area contributed by atoms with Crippen LogP contribution in [0.1, 0.15) is 16.8 Å². The van der Waals surface area contributed by atoms with E-state index < -0.39 is 0 Å². The number of hydrogen-bond acceptors (Lipinski definition) is 5. The molecule has 146 valence electrons. The number of benzene rings is 2. The lowest BCUT2D eigenvalue weighted by Crippen LogP contribution is -2.25. The average molecular weight is 400 g/mol. The van der Waals surface area contributed by atoms with Gasteiger partial charge < -0.3 is 20.1 Å². The second-order valence-electron chi connectivity index (χ2n) is 6.16. The number of carbonyl (C=O) groups is 1. The molecule has 0 fully saturated rings. The van der Waals surface area contributed by atoms with Crippen LogP contribution in [0.15, 0.2) is 48.7 Å². The zero-order chi connectivity index (χ0) is 19.9. The Bertz CT molecular complexity index is 956. The van der Waals surface area contributed by atoms with Gasteiger partial charge in [0.15, 0.2) is 0 Å². The van der Waals surface area contributed by atoms with E-state index in [9.17, 15) is 4.79 Å². The highest BCUT2D eigenvalue weighted by atomic mass is 35.5. The van der Waals surface area contributed by atoms with E-state index in [0.29, 0.717) is 35.2 Å². The highest BCUT2D eigenvalue weighted by molar-refractivity contribution is 6.31. The number of carbonyl (C=O) groups excluding carboxylic acids is 1. The van der Waals surface area contributed by atoms with Gasteiger partial charge in [0.25, 0.3) is 5.91 Å². The van der Waals surface area contributed by atoms with Crippen molar-refractivity contribution in [3.05, 3.63) is 59.2 Å². The van der Waals surface area contributed by atoms with Crippen molar-refractivity contribution in [2.24, 2.45) is 0 Å². The highest BCUT2D eigenvalue weighted by Crippen LogP contribution is 2.24. The van der Waals surface area contributed by atoms with E-state index in [1.807, 2.05) is 24.3 Å². The van der Waals surface area contributed by atoms with Gasteiger partial charge in [0.2, 0.25) is 0 Å². The minimum Gasteiger partial charge on any atom is -0.497 e. The Labute approximate surface area is 168 Å². The van der Waals surface area contributed by atoms with Crippen LogP contribution in [0.4, 0.5) is 5.69 Å². The number of hydrogen-bond donors (Lipinski definition) is 2. The first-order valence-corrected chi connectivity index (χ1v) is 9.28. The van der Waals surface area contributed by atoms with Gasteiger partial charge in [0.1, 0.15) is 11.5 Å². The number of fused-ring (bicyclic) bond motifs is 1.